The van der Waals surface area contributed by atoms with Gasteiger partial charge in [0.25, 0.3) is 0 Å². The summed E-state index contributed by atoms with van der Waals surface area (Å²) in [6.07, 6.45) is 1.26. The van der Waals surface area contributed by atoms with Crippen molar-refractivity contribution in [2.75, 3.05) is 18.1 Å². The Kier molecular flexibility index (Phi) is 7.69. The van der Waals surface area contributed by atoms with Crippen LogP contribution in [-0.2, 0) is 17.7 Å². The molecule has 0 aliphatic carbocycles. The number of rotatable bonds is 8. The van der Waals surface area contributed by atoms with Gasteiger partial charge in [-0.25, -0.2) is 14.2 Å². The molecule has 4 rings (SSSR count). The van der Waals surface area contributed by atoms with Gasteiger partial charge in [0.1, 0.15) is 11.9 Å². The van der Waals surface area contributed by atoms with E-state index >= 15 is 0 Å². The number of ether oxygens (including phenoxy) is 1. The fourth-order valence-corrected chi connectivity index (χ4v) is 5.68. The summed E-state index contributed by atoms with van der Waals surface area (Å²) in [4.78, 5) is 18.4. The largest absolute Gasteiger partial charge is 0.442 e. The van der Waals surface area contributed by atoms with Gasteiger partial charge in [0.05, 0.1) is 40.1 Å². The Bertz CT molecular complexity index is 1260. The summed E-state index contributed by atoms with van der Waals surface area (Å²) in [5, 5.41) is 11.2. The number of aliphatic hydroxyl groups is 1. The Labute approximate surface area is 219 Å². The van der Waals surface area contributed by atoms with E-state index in [9.17, 15) is 14.3 Å². The first kappa shape index (κ1) is 26.5. The summed E-state index contributed by atoms with van der Waals surface area (Å²) >= 11 is 12.5. The van der Waals surface area contributed by atoms with Crippen LogP contribution in [0.15, 0.2) is 36.7 Å². The number of carbonyl (C=O) groups excluding carboxylic acids is 1. The Balaban J connectivity index is 1.80. The van der Waals surface area contributed by atoms with Crippen LogP contribution >= 0.6 is 23.2 Å². The molecule has 1 unspecified atom stereocenters. The topological polar surface area (TPSA) is 93.6 Å². The van der Waals surface area contributed by atoms with Crippen LogP contribution in [0.4, 0.5) is 14.9 Å². The second kappa shape index (κ2) is 10.4. The van der Waals surface area contributed by atoms with Crippen LogP contribution in [0, 0.1) is 17.2 Å². The van der Waals surface area contributed by atoms with Crippen molar-refractivity contribution in [3.05, 3.63) is 58.1 Å². The number of aliphatic hydroxyl groups excluding tert-OH is 1. The number of hydrogen-bond acceptors (Lipinski definition) is 5. The van der Waals surface area contributed by atoms with E-state index in [1.165, 1.54) is 12.1 Å². The third-order valence-electron chi connectivity index (χ3n) is 6.61. The number of imidazole rings is 1. The highest BCUT2D eigenvalue weighted by Gasteiger charge is 2.41. The molecule has 36 heavy (non-hydrogen) atoms. The molecular weight excluding hydrogens is 506 g/mol. The maximum Gasteiger partial charge on any atom is 0.404 e. The minimum atomic E-state index is -0.957. The molecule has 7 nitrogen and oxygen atoms in total. The SMILES string of the molecule is CC(C)(C)C[C@@H](Cn1cnc2cc(Cl)c(Cl)cc21)[C@@H](C(CO)OC(N)=O)N1CCc2cc(F)ccc21. The fourth-order valence-electron chi connectivity index (χ4n) is 5.36. The lowest BCUT2D eigenvalue weighted by Crippen LogP contribution is -2.53. The first-order valence-corrected chi connectivity index (χ1v) is 12.6. The number of primary amides is 1. The van der Waals surface area contributed by atoms with Gasteiger partial charge >= 0.3 is 6.09 Å². The fraction of sp³-hybridized carbons (Fsp3) is 0.462. The van der Waals surface area contributed by atoms with Crippen molar-refractivity contribution in [1.82, 2.24) is 9.55 Å². The molecule has 0 radical (unpaired) electrons. The molecule has 0 saturated heterocycles. The highest BCUT2D eigenvalue weighted by molar-refractivity contribution is 6.42. The van der Waals surface area contributed by atoms with Crippen LogP contribution in [0.1, 0.15) is 32.8 Å². The standard InChI is InChI=1S/C26H31Cl2FN4O3/c1-26(2,3)11-16(12-32-14-31-20-9-18(27)19(28)10-22(20)32)24(23(13-34)36-25(30)35)33-7-6-15-8-17(29)4-5-21(15)33/h4-5,8-10,14,16,23-24,34H,6-7,11-13H2,1-3H3,(H2,30,35)/t16-,23?,24-/m0/s1. The van der Waals surface area contributed by atoms with Gasteiger partial charge in [0.15, 0.2) is 0 Å². The van der Waals surface area contributed by atoms with Gasteiger partial charge in [0, 0.05) is 24.7 Å². The van der Waals surface area contributed by atoms with E-state index < -0.39 is 24.8 Å². The predicted octanol–water partition coefficient (Wildman–Crippen LogP) is 5.42. The zero-order valence-electron chi connectivity index (χ0n) is 20.5. The van der Waals surface area contributed by atoms with Crippen LogP contribution < -0.4 is 10.6 Å². The number of aromatic nitrogens is 2. The van der Waals surface area contributed by atoms with Crippen molar-refractivity contribution in [3.8, 4) is 0 Å². The number of fused-ring (bicyclic) bond motifs is 2. The van der Waals surface area contributed by atoms with Crippen molar-refractivity contribution >= 4 is 46.0 Å². The summed E-state index contributed by atoms with van der Waals surface area (Å²) in [6.45, 7) is 7.09. The van der Waals surface area contributed by atoms with Gasteiger partial charge in [0.2, 0.25) is 0 Å². The molecule has 2 aromatic carbocycles. The van der Waals surface area contributed by atoms with Crippen molar-refractivity contribution < 1.29 is 19.0 Å². The number of amides is 1. The molecule has 2 heterocycles. The third-order valence-corrected chi connectivity index (χ3v) is 7.34. The molecule has 1 amide bonds. The monoisotopic (exact) mass is 536 g/mol. The average molecular weight is 537 g/mol. The van der Waals surface area contributed by atoms with Crippen molar-refractivity contribution in [2.45, 2.75) is 52.3 Å². The Morgan fingerprint density at radius 2 is 1.97 bits per heavy atom. The molecule has 0 saturated carbocycles. The van der Waals surface area contributed by atoms with E-state index in [2.05, 4.69) is 30.7 Å². The summed E-state index contributed by atoms with van der Waals surface area (Å²) in [6, 6.07) is 7.77. The quantitative estimate of drug-likeness (QED) is 0.400. The molecule has 3 N–H and O–H groups in total. The maximum absolute atomic E-state index is 14.0. The second-order valence-corrected chi connectivity index (χ2v) is 11.4. The summed E-state index contributed by atoms with van der Waals surface area (Å²) in [5.74, 6) is -0.421. The maximum atomic E-state index is 14.0. The normalized spacial score (nSPS) is 16.1. The molecule has 3 aromatic rings. The van der Waals surface area contributed by atoms with E-state index in [0.29, 0.717) is 35.1 Å². The molecule has 0 bridgehead atoms. The summed E-state index contributed by atoms with van der Waals surface area (Å²) in [5.41, 5.74) is 8.57. The number of carbonyl (C=O) groups is 1. The van der Waals surface area contributed by atoms with Gasteiger partial charge in [-0.2, -0.15) is 0 Å². The third kappa shape index (κ3) is 5.71. The Hall–Kier alpha value is -2.55. The number of benzene rings is 2. The van der Waals surface area contributed by atoms with Crippen molar-refractivity contribution in [3.63, 3.8) is 0 Å². The number of halogens is 3. The van der Waals surface area contributed by atoms with Crippen LogP contribution in [0.3, 0.4) is 0 Å². The molecule has 1 aromatic heterocycles. The molecule has 194 valence electrons. The number of nitrogens with zero attached hydrogens (tertiary/aromatic N) is 3. The smallest absolute Gasteiger partial charge is 0.404 e. The zero-order valence-corrected chi connectivity index (χ0v) is 22.1. The van der Waals surface area contributed by atoms with Crippen LogP contribution in [0.25, 0.3) is 11.0 Å². The first-order chi connectivity index (χ1) is 17.0. The summed E-state index contributed by atoms with van der Waals surface area (Å²) < 4.78 is 21.4. The van der Waals surface area contributed by atoms with Gasteiger partial charge in [-0.05, 0) is 54.2 Å². The van der Waals surface area contributed by atoms with E-state index in [0.717, 1.165) is 23.2 Å². The van der Waals surface area contributed by atoms with Gasteiger partial charge < -0.3 is 25.0 Å². The molecule has 0 fully saturated rings. The number of hydrogen-bond donors (Lipinski definition) is 2. The lowest BCUT2D eigenvalue weighted by atomic mass is 9.79. The van der Waals surface area contributed by atoms with E-state index in [-0.39, 0.29) is 17.2 Å². The molecule has 1 aliphatic rings. The number of nitrogens with two attached hydrogens (primary N) is 1. The lowest BCUT2D eigenvalue weighted by Gasteiger charge is -2.42. The highest BCUT2D eigenvalue weighted by atomic mass is 35.5. The summed E-state index contributed by atoms with van der Waals surface area (Å²) in [7, 11) is 0. The van der Waals surface area contributed by atoms with E-state index in [1.807, 2.05) is 4.57 Å². The van der Waals surface area contributed by atoms with Crippen LogP contribution in [0.5, 0.6) is 0 Å². The molecular formula is C26H31Cl2FN4O3. The lowest BCUT2D eigenvalue weighted by molar-refractivity contribution is 0.0248. The molecule has 3 atom stereocenters. The molecule has 1 aliphatic heterocycles. The van der Waals surface area contributed by atoms with Gasteiger partial charge in [-0.15, -0.1) is 0 Å². The minimum absolute atomic E-state index is 0.0989. The van der Waals surface area contributed by atoms with Gasteiger partial charge in [-0.1, -0.05) is 44.0 Å². The average Bonchev–Trinajstić information content (AvgIpc) is 3.36. The molecule has 0 spiro atoms. The second-order valence-electron chi connectivity index (χ2n) is 10.5. The Morgan fingerprint density at radius 3 is 2.64 bits per heavy atom. The van der Waals surface area contributed by atoms with Gasteiger partial charge in [-0.3, -0.25) is 0 Å². The molecule has 10 heteroatoms. The van der Waals surface area contributed by atoms with E-state index in [4.69, 9.17) is 33.7 Å². The van der Waals surface area contributed by atoms with Crippen LogP contribution in [-0.4, -0.2) is 46.0 Å². The van der Waals surface area contributed by atoms with Crippen molar-refractivity contribution in [1.29, 1.82) is 0 Å². The Morgan fingerprint density at radius 1 is 1.25 bits per heavy atom. The van der Waals surface area contributed by atoms with Crippen LogP contribution in [0.2, 0.25) is 10.0 Å². The number of anilines is 1. The highest BCUT2D eigenvalue weighted by Crippen LogP contribution is 2.39. The van der Waals surface area contributed by atoms with E-state index in [1.54, 1.807) is 24.5 Å². The predicted molar refractivity (Wildman–Crippen MR) is 140 cm³/mol. The first-order valence-electron chi connectivity index (χ1n) is 11.9. The van der Waals surface area contributed by atoms with Crippen molar-refractivity contribution in [2.24, 2.45) is 17.1 Å². The minimum Gasteiger partial charge on any atom is -0.442 e. The zero-order chi connectivity index (χ0) is 26.2.